The third-order valence-corrected chi connectivity index (χ3v) is 3.76. The molecule has 0 spiro atoms. The number of anilines is 1. The molecule has 1 aliphatic heterocycles. The van der Waals surface area contributed by atoms with E-state index >= 15 is 0 Å². The van der Waals surface area contributed by atoms with Crippen LogP contribution in [0.15, 0.2) is 18.2 Å². The Morgan fingerprint density at radius 2 is 2.10 bits per heavy atom. The summed E-state index contributed by atoms with van der Waals surface area (Å²) in [7, 11) is 0. The second-order valence-corrected chi connectivity index (χ2v) is 6.84. The molecule has 1 heterocycles. The van der Waals surface area contributed by atoms with Crippen LogP contribution in [0.3, 0.4) is 0 Å². The Bertz CT molecular complexity index is 451. The second-order valence-electron chi connectivity index (χ2n) is 6.84. The van der Waals surface area contributed by atoms with Gasteiger partial charge in [-0.25, -0.2) is 0 Å². The van der Waals surface area contributed by atoms with Crippen LogP contribution in [0, 0.1) is 6.92 Å². The molecule has 1 aromatic rings. The lowest BCUT2D eigenvalue weighted by Gasteiger charge is -2.36. The second kappa shape index (κ2) is 6.15. The van der Waals surface area contributed by atoms with E-state index in [9.17, 15) is 0 Å². The van der Waals surface area contributed by atoms with Gasteiger partial charge in [0.05, 0.1) is 13.2 Å². The molecule has 0 aliphatic carbocycles. The summed E-state index contributed by atoms with van der Waals surface area (Å²) >= 11 is 0. The highest BCUT2D eigenvalue weighted by Gasteiger charge is 2.20. The summed E-state index contributed by atoms with van der Waals surface area (Å²) in [6.07, 6.45) is 0. The van der Waals surface area contributed by atoms with Gasteiger partial charge in [-0.2, -0.15) is 0 Å². The van der Waals surface area contributed by atoms with E-state index in [-0.39, 0.29) is 5.54 Å². The van der Waals surface area contributed by atoms with Gasteiger partial charge < -0.3 is 15.0 Å². The number of ether oxygens (including phenoxy) is 1. The third kappa shape index (κ3) is 3.97. The van der Waals surface area contributed by atoms with Crippen LogP contribution in [-0.4, -0.2) is 31.3 Å². The van der Waals surface area contributed by atoms with Crippen molar-refractivity contribution in [3.63, 3.8) is 0 Å². The lowest BCUT2D eigenvalue weighted by atomic mass is 10.0. The van der Waals surface area contributed by atoms with Gasteiger partial charge in [-0.3, -0.25) is 0 Å². The minimum atomic E-state index is 0.158. The molecule has 1 aromatic carbocycles. The molecule has 1 fully saturated rings. The summed E-state index contributed by atoms with van der Waals surface area (Å²) in [5.41, 5.74) is 4.21. The minimum Gasteiger partial charge on any atom is -0.377 e. The van der Waals surface area contributed by atoms with Crippen LogP contribution in [0.2, 0.25) is 0 Å². The normalized spacial score (nSPS) is 20.2. The fourth-order valence-electron chi connectivity index (χ4n) is 2.60. The number of morpholine rings is 1. The quantitative estimate of drug-likeness (QED) is 0.918. The average Bonchev–Trinajstić information content (AvgIpc) is 2.37. The highest BCUT2D eigenvalue weighted by Crippen LogP contribution is 2.25. The van der Waals surface area contributed by atoms with Crippen molar-refractivity contribution in [2.75, 3.05) is 24.7 Å². The molecule has 112 valence electrons. The van der Waals surface area contributed by atoms with Crippen molar-refractivity contribution in [3.05, 3.63) is 29.3 Å². The Labute approximate surface area is 123 Å². The maximum absolute atomic E-state index is 5.52. The molecular weight excluding hydrogens is 248 g/mol. The van der Waals surface area contributed by atoms with Gasteiger partial charge in [0.2, 0.25) is 0 Å². The van der Waals surface area contributed by atoms with E-state index in [4.69, 9.17) is 4.74 Å². The number of rotatable bonds is 3. The lowest BCUT2D eigenvalue weighted by molar-refractivity contribution is 0.0989. The van der Waals surface area contributed by atoms with Crippen molar-refractivity contribution in [3.8, 4) is 0 Å². The van der Waals surface area contributed by atoms with E-state index in [0.717, 1.165) is 26.3 Å². The van der Waals surface area contributed by atoms with E-state index in [0.29, 0.717) is 6.04 Å². The van der Waals surface area contributed by atoms with Crippen LogP contribution in [0.25, 0.3) is 0 Å². The van der Waals surface area contributed by atoms with Crippen molar-refractivity contribution in [1.29, 1.82) is 0 Å². The lowest BCUT2D eigenvalue weighted by Crippen LogP contribution is -2.44. The molecule has 0 amide bonds. The van der Waals surface area contributed by atoms with Crippen LogP contribution >= 0.6 is 0 Å². The van der Waals surface area contributed by atoms with Gasteiger partial charge in [0.15, 0.2) is 0 Å². The Morgan fingerprint density at radius 1 is 1.35 bits per heavy atom. The predicted molar refractivity (Wildman–Crippen MR) is 85.4 cm³/mol. The molecule has 2 rings (SSSR count). The van der Waals surface area contributed by atoms with Crippen LogP contribution in [0.4, 0.5) is 5.69 Å². The minimum absolute atomic E-state index is 0.158. The molecule has 0 aromatic heterocycles. The topological polar surface area (TPSA) is 24.5 Å². The summed E-state index contributed by atoms with van der Waals surface area (Å²) in [4.78, 5) is 2.46. The molecule has 1 N–H and O–H groups in total. The van der Waals surface area contributed by atoms with Crippen LogP contribution in [-0.2, 0) is 11.3 Å². The first-order chi connectivity index (χ1) is 9.37. The monoisotopic (exact) mass is 276 g/mol. The van der Waals surface area contributed by atoms with E-state index in [1.54, 1.807) is 0 Å². The fraction of sp³-hybridized carbons (Fsp3) is 0.647. The Kier molecular flexibility index (Phi) is 4.71. The number of hydrogen-bond acceptors (Lipinski definition) is 3. The van der Waals surface area contributed by atoms with Crippen LogP contribution in [0.1, 0.15) is 38.8 Å². The number of hydrogen-bond donors (Lipinski definition) is 1. The van der Waals surface area contributed by atoms with E-state index in [1.807, 2.05) is 0 Å². The third-order valence-electron chi connectivity index (χ3n) is 3.76. The van der Waals surface area contributed by atoms with Crippen molar-refractivity contribution < 1.29 is 4.74 Å². The Balaban J connectivity index is 2.09. The molecule has 0 bridgehead atoms. The first-order valence-corrected chi connectivity index (χ1v) is 7.56. The van der Waals surface area contributed by atoms with Gasteiger partial charge in [-0.15, -0.1) is 0 Å². The number of nitrogens with one attached hydrogen (secondary N) is 1. The maximum Gasteiger partial charge on any atom is 0.0668 e. The average molecular weight is 276 g/mol. The molecule has 3 heteroatoms. The standard InChI is InChI=1S/C17H28N2O/c1-13-10-15(11-18-17(3,4)5)6-7-16(13)19-8-9-20-12-14(19)2/h6-7,10,14,18H,8-9,11-12H2,1-5H3. The molecular formula is C17H28N2O. The van der Waals surface area contributed by atoms with Gasteiger partial charge in [0, 0.05) is 30.4 Å². The van der Waals surface area contributed by atoms with Crippen LogP contribution < -0.4 is 10.2 Å². The highest BCUT2D eigenvalue weighted by molar-refractivity contribution is 5.55. The van der Waals surface area contributed by atoms with Gasteiger partial charge in [0.25, 0.3) is 0 Å². The molecule has 0 saturated carbocycles. The zero-order valence-corrected chi connectivity index (χ0v) is 13.5. The fourth-order valence-corrected chi connectivity index (χ4v) is 2.60. The van der Waals surface area contributed by atoms with Crippen molar-refractivity contribution in [1.82, 2.24) is 5.32 Å². The number of nitrogens with zero attached hydrogens (tertiary/aromatic N) is 1. The van der Waals surface area contributed by atoms with E-state index in [1.165, 1.54) is 16.8 Å². The summed E-state index contributed by atoms with van der Waals surface area (Å²) in [5.74, 6) is 0. The summed E-state index contributed by atoms with van der Waals surface area (Å²) in [5, 5.41) is 3.54. The highest BCUT2D eigenvalue weighted by atomic mass is 16.5. The molecule has 3 nitrogen and oxygen atoms in total. The largest absolute Gasteiger partial charge is 0.377 e. The molecule has 1 atom stereocenters. The Morgan fingerprint density at radius 3 is 2.70 bits per heavy atom. The zero-order chi connectivity index (χ0) is 14.8. The number of benzene rings is 1. The van der Waals surface area contributed by atoms with Gasteiger partial charge in [0.1, 0.15) is 0 Å². The molecule has 0 radical (unpaired) electrons. The summed E-state index contributed by atoms with van der Waals surface area (Å²) < 4.78 is 5.52. The van der Waals surface area contributed by atoms with Crippen LogP contribution in [0.5, 0.6) is 0 Å². The maximum atomic E-state index is 5.52. The van der Waals surface area contributed by atoms with E-state index in [2.05, 4.69) is 63.0 Å². The van der Waals surface area contributed by atoms with Gasteiger partial charge in [-0.05, 0) is 51.8 Å². The number of aryl methyl sites for hydroxylation is 1. The summed E-state index contributed by atoms with van der Waals surface area (Å²) in [6.45, 7) is 14.6. The van der Waals surface area contributed by atoms with Gasteiger partial charge >= 0.3 is 0 Å². The predicted octanol–water partition coefficient (Wildman–Crippen LogP) is 3.11. The van der Waals surface area contributed by atoms with E-state index < -0.39 is 0 Å². The zero-order valence-electron chi connectivity index (χ0n) is 13.5. The SMILES string of the molecule is Cc1cc(CNC(C)(C)C)ccc1N1CCOCC1C. The first-order valence-electron chi connectivity index (χ1n) is 7.56. The molecule has 1 saturated heterocycles. The van der Waals surface area contributed by atoms with Crippen molar-refractivity contribution in [2.24, 2.45) is 0 Å². The molecule has 1 unspecified atom stereocenters. The van der Waals surface area contributed by atoms with Crippen molar-refractivity contribution in [2.45, 2.75) is 52.7 Å². The Hall–Kier alpha value is -1.06. The van der Waals surface area contributed by atoms with Gasteiger partial charge in [-0.1, -0.05) is 12.1 Å². The summed E-state index contributed by atoms with van der Waals surface area (Å²) in [6, 6.07) is 7.26. The smallest absolute Gasteiger partial charge is 0.0668 e. The van der Waals surface area contributed by atoms with Crippen molar-refractivity contribution >= 4 is 5.69 Å². The molecule has 20 heavy (non-hydrogen) atoms. The molecule has 1 aliphatic rings. The first kappa shape index (κ1) is 15.3.